The van der Waals surface area contributed by atoms with E-state index in [0.29, 0.717) is 17.4 Å². The maximum atomic E-state index is 12.0. The van der Waals surface area contributed by atoms with Crippen molar-refractivity contribution in [2.45, 2.75) is 26.2 Å². The van der Waals surface area contributed by atoms with Crippen LogP contribution in [0, 0.1) is 12.8 Å². The highest BCUT2D eigenvalue weighted by Crippen LogP contribution is 2.28. The number of carbonyl (C=O) groups is 1. The number of carbonyl (C=O) groups excluding carboxylic acids is 1. The molecule has 0 aliphatic heterocycles. The highest BCUT2D eigenvalue weighted by atomic mass is 16.5. The van der Waals surface area contributed by atoms with Crippen molar-refractivity contribution in [1.82, 2.24) is 20.0 Å². The first-order valence-corrected chi connectivity index (χ1v) is 8.62. The summed E-state index contributed by atoms with van der Waals surface area (Å²) in [6.07, 6.45) is 4.95. The van der Waals surface area contributed by atoms with E-state index in [1.165, 1.54) is 0 Å². The number of aryl methyl sites for hydroxylation is 1. The lowest BCUT2D eigenvalue weighted by atomic mass is 9.85. The topological polar surface area (TPSA) is 81.9 Å². The molecule has 0 radical (unpaired) electrons. The van der Waals surface area contributed by atoms with E-state index in [0.717, 1.165) is 30.6 Å². The Kier molecular flexibility index (Phi) is 4.35. The molecule has 0 atom stereocenters. The fraction of sp³-hybridized carbons (Fsp3) is 0.263. The van der Waals surface area contributed by atoms with Gasteiger partial charge >= 0.3 is 0 Å². The zero-order valence-corrected chi connectivity index (χ0v) is 14.4. The molecule has 1 aliphatic rings. The quantitative estimate of drug-likeness (QED) is 0.762. The van der Waals surface area contributed by atoms with Gasteiger partial charge in [-0.1, -0.05) is 6.42 Å². The van der Waals surface area contributed by atoms with Gasteiger partial charge in [0.25, 0.3) is 0 Å². The average molecular weight is 349 g/mol. The Morgan fingerprint density at radius 2 is 1.92 bits per heavy atom. The molecule has 1 aromatic carbocycles. The molecule has 7 heteroatoms. The molecule has 0 saturated heterocycles. The molecular weight excluding hydrogens is 330 g/mol. The number of benzene rings is 1. The summed E-state index contributed by atoms with van der Waals surface area (Å²) in [5.41, 5.74) is 1.68. The van der Waals surface area contributed by atoms with E-state index < -0.39 is 0 Å². The summed E-state index contributed by atoms with van der Waals surface area (Å²) in [5, 5.41) is 15.4. The third-order valence-corrected chi connectivity index (χ3v) is 4.40. The molecule has 132 valence electrons. The summed E-state index contributed by atoms with van der Waals surface area (Å²) >= 11 is 0. The van der Waals surface area contributed by atoms with Gasteiger partial charge in [-0.25, -0.2) is 4.68 Å². The lowest BCUT2D eigenvalue weighted by molar-refractivity contribution is -0.122. The highest BCUT2D eigenvalue weighted by Gasteiger charge is 2.25. The van der Waals surface area contributed by atoms with E-state index in [4.69, 9.17) is 4.74 Å². The van der Waals surface area contributed by atoms with Crippen molar-refractivity contribution in [3.8, 4) is 17.4 Å². The zero-order valence-electron chi connectivity index (χ0n) is 14.4. The summed E-state index contributed by atoms with van der Waals surface area (Å²) in [7, 11) is 0. The number of aromatic nitrogens is 4. The van der Waals surface area contributed by atoms with Gasteiger partial charge in [0.1, 0.15) is 5.75 Å². The summed E-state index contributed by atoms with van der Waals surface area (Å²) in [6, 6.07) is 12.7. The molecule has 2 aromatic heterocycles. The molecule has 0 spiro atoms. The largest absolute Gasteiger partial charge is 0.438 e. The second-order valence-electron chi connectivity index (χ2n) is 6.37. The van der Waals surface area contributed by atoms with E-state index in [-0.39, 0.29) is 11.8 Å². The van der Waals surface area contributed by atoms with Gasteiger partial charge in [0.2, 0.25) is 11.8 Å². The first-order valence-electron chi connectivity index (χ1n) is 8.62. The summed E-state index contributed by atoms with van der Waals surface area (Å²) in [5.74, 6) is 1.91. The molecule has 1 aliphatic carbocycles. The lowest BCUT2D eigenvalue weighted by Crippen LogP contribution is -2.27. The minimum Gasteiger partial charge on any atom is -0.438 e. The molecule has 1 saturated carbocycles. The molecule has 0 bridgehead atoms. The number of amides is 1. The van der Waals surface area contributed by atoms with Crippen LogP contribution in [0.3, 0.4) is 0 Å². The molecule has 1 N–H and O–H groups in total. The SMILES string of the molecule is Cc1ccn(-c2ccc(Oc3ccc(NC(=O)C4CCC4)cc3)nn2)n1. The van der Waals surface area contributed by atoms with Crippen LogP contribution >= 0.6 is 0 Å². The maximum absolute atomic E-state index is 12.0. The van der Waals surface area contributed by atoms with Crippen LogP contribution in [0.1, 0.15) is 25.0 Å². The predicted octanol–water partition coefficient (Wildman–Crippen LogP) is 3.50. The predicted molar refractivity (Wildman–Crippen MR) is 96.4 cm³/mol. The number of anilines is 1. The summed E-state index contributed by atoms with van der Waals surface area (Å²) < 4.78 is 7.36. The van der Waals surface area contributed by atoms with Crippen LogP contribution in [0.25, 0.3) is 5.82 Å². The Hall–Kier alpha value is -3.22. The Morgan fingerprint density at radius 3 is 2.50 bits per heavy atom. The Bertz CT molecular complexity index is 898. The Balaban J connectivity index is 1.38. The zero-order chi connectivity index (χ0) is 17.9. The van der Waals surface area contributed by atoms with Crippen LogP contribution in [0.2, 0.25) is 0 Å². The number of nitrogens with one attached hydrogen (secondary N) is 1. The fourth-order valence-electron chi connectivity index (χ4n) is 2.67. The van der Waals surface area contributed by atoms with Gasteiger partial charge in [-0.2, -0.15) is 5.10 Å². The minimum absolute atomic E-state index is 0.0974. The average Bonchev–Trinajstić information content (AvgIpc) is 3.02. The molecule has 2 heterocycles. The van der Waals surface area contributed by atoms with Crippen molar-refractivity contribution in [2.75, 3.05) is 5.32 Å². The number of hydrogen-bond acceptors (Lipinski definition) is 5. The smallest absolute Gasteiger partial charge is 0.238 e. The van der Waals surface area contributed by atoms with Gasteiger partial charge in [0.15, 0.2) is 5.82 Å². The van der Waals surface area contributed by atoms with Crippen molar-refractivity contribution < 1.29 is 9.53 Å². The molecule has 4 rings (SSSR count). The van der Waals surface area contributed by atoms with Gasteiger partial charge in [0.05, 0.1) is 5.69 Å². The van der Waals surface area contributed by atoms with Crippen LogP contribution in [0.4, 0.5) is 5.69 Å². The second kappa shape index (κ2) is 6.95. The standard InChI is InChI=1S/C19H19N5O2/c1-13-11-12-24(23-13)17-9-10-18(22-21-17)26-16-7-5-15(6-8-16)20-19(25)14-3-2-4-14/h5-12,14H,2-4H2,1H3,(H,20,25). The summed E-state index contributed by atoms with van der Waals surface area (Å²) in [4.78, 5) is 12.0. The van der Waals surface area contributed by atoms with Gasteiger partial charge < -0.3 is 10.1 Å². The van der Waals surface area contributed by atoms with Crippen molar-refractivity contribution in [1.29, 1.82) is 0 Å². The number of rotatable bonds is 5. The van der Waals surface area contributed by atoms with E-state index in [1.54, 1.807) is 28.9 Å². The first kappa shape index (κ1) is 16.3. The van der Waals surface area contributed by atoms with E-state index in [1.807, 2.05) is 31.3 Å². The molecular formula is C19H19N5O2. The van der Waals surface area contributed by atoms with Crippen LogP contribution in [-0.4, -0.2) is 25.9 Å². The third-order valence-electron chi connectivity index (χ3n) is 4.40. The van der Waals surface area contributed by atoms with Gasteiger partial charge in [0, 0.05) is 23.9 Å². The maximum Gasteiger partial charge on any atom is 0.238 e. The van der Waals surface area contributed by atoms with Crippen molar-refractivity contribution in [3.05, 3.63) is 54.4 Å². The van der Waals surface area contributed by atoms with E-state index >= 15 is 0 Å². The fourth-order valence-corrected chi connectivity index (χ4v) is 2.67. The lowest BCUT2D eigenvalue weighted by Gasteiger charge is -2.24. The van der Waals surface area contributed by atoms with E-state index in [2.05, 4.69) is 20.6 Å². The molecule has 26 heavy (non-hydrogen) atoms. The normalized spacial score (nSPS) is 13.9. The van der Waals surface area contributed by atoms with Crippen LogP contribution in [0.15, 0.2) is 48.7 Å². The van der Waals surface area contributed by atoms with Crippen LogP contribution in [-0.2, 0) is 4.79 Å². The Morgan fingerprint density at radius 1 is 1.12 bits per heavy atom. The summed E-state index contributed by atoms with van der Waals surface area (Å²) in [6.45, 7) is 1.92. The third kappa shape index (κ3) is 3.56. The first-order chi connectivity index (χ1) is 12.7. The van der Waals surface area contributed by atoms with Crippen molar-refractivity contribution in [2.24, 2.45) is 5.92 Å². The molecule has 7 nitrogen and oxygen atoms in total. The number of nitrogens with zero attached hydrogens (tertiary/aromatic N) is 4. The van der Waals surface area contributed by atoms with Gasteiger partial charge in [-0.05, 0) is 56.2 Å². The molecule has 0 unspecified atom stereocenters. The second-order valence-corrected chi connectivity index (χ2v) is 6.37. The van der Waals surface area contributed by atoms with E-state index in [9.17, 15) is 4.79 Å². The highest BCUT2D eigenvalue weighted by molar-refractivity contribution is 5.93. The molecule has 1 fully saturated rings. The van der Waals surface area contributed by atoms with Crippen LogP contribution < -0.4 is 10.1 Å². The van der Waals surface area contributed by atoms with Crippen LogP contribution in [0.5, 0.6) is 11.6 Å². The number of ether oxygens (including phenoxy) is 1. The minimum atomic E-state index is 0.0974. The molecule has 3 aromatic rings. The van der Waals surface area contributed by atoms with Gasteiger partial charge in [-0.3, -0.25) is 4.79 Å². The Labute approximate surface area is 151 Å². The monoisotopic (exact) mass is 349 g/mol. The van der Waals surface area contributed by atoms with Crippen molar-refractivity contribution >= 4 is 11.6 Å². The van der Waals surface area contributed by atoms with Crippen molar-refractivity contribution in [3.63, 3.8) is 0 Å². The number of hydrogen-bond donors (Lipinski definition) is 1. The molecule has 1 amide bonds. The van der Waals surface area contributed by atoms with Gasteiger partial charge in [-0.15, -0.1) is 10.2 Å².